The molecule has 2 heterocycles. The molecule has 4 aromatic rings. The number of nitrogens with one attached hydrogen (secondary N) is 1. The first-order valence-electron chi connectivity index (χ1n) is 12.2. The Bertz CT molecular complexity index is 1300. The van der Waals surface area contributed by atoms with E-state index in [2.05, 4.69) is 37.2 Å². The molecule has 0 bridgehead atoms. The van der Waals surface area contributed by atoms with Crippen LogP contribution in [0.1, 0.15) is 59.0 Å². The van der Waals surface area contributed by atoms with Gasteiger partial charge in [0, 0.05) is 17.8 Å². The minimum Gasteiger partial charge on any atom is -0.495 e. The maximum Gasteiger partial charge on any atom is 0.270 e. The lowest BCUT2D eigenvalue weighted by Gasteiger charge is -2.22. The standard InChI is InChI=1S/C27H29N5O2S2/c1-34-23-15-9-8-14-22(23)32-24(16-19-10-4-2-5-11-19)30-31-27(32)36-18-25-29-21(17-35-25)26(33)28-20-12-6-3-7-13-20/h2,4-5,8-11,14-15,17,20H,3,6-7,12-13,16,18H2,1H3,(H,28,33). The molecular formula is C27H29N5O2S2. The van der Waals surface area contributed by atoms with Gasteiger partial charge in [-0.2, -0.15) is 0 Å². The molecule has 1 amide bonds. The number of ether oxygens (including phenoxy) is 1. The van der Waals surface area contributed by atoms with E-state index in [-0.39, 0.29) is 11.9 Å². The minimum atomic E-state index is -0.0725. The zero-order chi connectivity index (χ0) is 24.7. The summed E-state index contributed by atoms with van der Waals surface area (Å²) in [6.07, 6.45) is 6.39. The van der Waals surface area contributed by atoms with E-state index in [1.54, 1.807) is 18.9 Å². The molecule has 1 fully saturated rings. The summed E-state index contributed by atoms with van der Waals surface area (Å²) in [5.41, 5.74) is 2.55. The Morgan fingerprint density at radius 2 is 1.86 bits per heavy atom. The first-order valence-corrected chi connectivity index (χ1v) is 14.1. The van der Waals surface area contributed by atoms with Crippen LogP contribution in [-0.4, -0.2) is 38.8 Å². The van der Waals surface area contributed by atoms with E-state index in [1.165, 1.54) is 30.6 Å². The lowest BCUT2D eigenvalue weighted by atomic mass is 9.95. The smallest absolute Gasteiger partial charge is 0.270 e. The monoisotopic (exact) mass is 519 g/mol. The average Bonchev–Trinajstić information content (AvgIpc) is 3.56. The van der Waals surface area contributed by atoms with Gasteiger partial charge in [0.1, 0.15) is 22.3 Å². The number of thiazole rings is 1. The molecule has 2 aromatic carbocycles. The van der Waals surface area contributed by atoms with Crippen LogP contribution >= 0.6 is 23.1 Å². The van der Waals surface area contributed by atoms with Crippen molar-refractivity contribution in [3.63, 3.8) is 0 Å². The van der Waals surface area contributed by atoms with Crippen molar-refractivity contribution in [2.45, 2.75) is 55.5 Å². The van der Waals surface area contributed by atoms with Gasteiger partial charge in [-0.25, -0.2) is 4.98 Å². The number of benzene rings is 2. The highest BCUT2D eigenvalue weighted by atomic mass is 32.2. The maximum absolute atomic E-state index is 12.7. The largest absolute Gasteiger partial charge is 0.495 e. The van der Waals surface area contributed by atoms with Crippen molar-refractivity contribution in [1.82, 2.24) is 25.1 Å². The minimum absolute atomic E-state index is 0.0725. The molecule has 0 aliphatic heterocycles. The molecule has 1 N–H and O–H groups in total. The number of aromatic nitrogens is 4. The molecular weight excluding hydrogens is 490 g/mol. The van der Waals surface area contributed by atoms with E-state index in [9.17, 15) is 4.79 Å². The van der Waals surface area contributed by atoms with Crippen molar-refractivity contribution < 1.29 is 9.53 Å². The number of hydrogen-bond donors (Lipinski definition) is 1. The third kappa shape index (κ3) is 5.79. The zero-order valence-corrected chi connectivity index (χ0v) is 21.9. The number of nitrogens with zero attached hydrogens (tertiary/aromatic N) is 4. The first kappa shape index (κ1) is 24.5. The van der Waals surface area contributed by atoms with Crippen LogP contribution in [0.2, 0.25) is 0 Å². The number of carbonyl (C=O) groups is 1. The van der Waals surface area contributed by atoms with E-state index < -0.39 is 0 Å². The molecule has 0 spiro atoms. The number of carbonyl (C=O) groups excluding carboxylic acids is 1. The molecule has 0 unspecified atom stereocenters. The average molecular weight is 520 g/mol. The van der Waals surface area contributed by atoms with Crippen LogP contribution in [0.15, 0.2) is 65.1 Å². The van der Waals surface area contributed by atoms with Crippen molar-refractivity contribution in [2.24, 2.45) is 0 Å². The van der Waals surface area contributed by atoms with Gasteiger partial charge < -0.3 is 10.1 Å². The van der Waals surface area contributed by atoms with E-state index in [0.29, 0.717) is 17.9 Å². The summed E-state index contributed by atoms with van der Waals surface area (Å²) in [6, 6.07) is 18.4. The van der Waals surface area contributed by atoms with Gasteiger partial charge in [-0.05, 0) is 30.5 Å². The molecule has 1 aliphatic carbocycles. The highest BCUT2D eigenvalue weighted by Crippen LogP contribution is 2.31. The number of hydrogen-bond acceptors (Lipinski definition) is 7. The van der Waals surface area contributed by atoms with Gasteiger partial charge in [0.25, 0.3) is 5.91 Å². The van der Waals surface area contributed by atoms with Crippen LogP contribution in [0.5, 0.6) is 5.75 Å². The van der Waals surface area contributed by atoms with Crippen LogP contribution in [0.25, 0.3) is 5.69 Å². The van der Waals surface area contributed by atoms with Crippen LogP contribution in [0.3, 0.4) is 0 Å². The fraction of sp³-hybridized carbons (Fsp3) is 0.333. The highest BCUT2D eigenvalue weighted by Gasteiger charge is 2.20. The molecule has 0 saturated heterocycles. The molecule has 36 heavy (non-hydrogen) atoms. The summed E-state index contributed by atoms with van der Waals surface area (Å²) in [5.74, 6) is 2.11. The van der Waals surface area contributed by atoms with Crippen LogP contribution in [-0.2, 0) is 12.2 Å². The van der Waals surface area contributed by atoms with E-state index in [1.807, 2.05) is 47.8 Å². The number of rotatable bonds is 9. The van der Waals surface area contributed by atoms with Gasteiger partial charge >= 0.3 is 0 Å². The Balaban J connectivity index is 1.34. The van der Waals surface area contributed by atoms with Crippen molar-refractivity contribution in [2.75, 3.05) is 7.11 Å². The fourth-order valence-corrected chi connectivity index (χ4v) is 6.21. The van der Waals surface area contributed by atoms with E-state index in [0.717, 1.165) is 45.8 Å². The van der Waals surface area contributed by atoms with Gasteiger partial charge in [-0.1, -0.05) is 73.5 Å². The lowest BCUT2D eigenvalue weighted by molar-refractivity contribution is 0.0923. The van der Waals surface area contributed by atoms with Crippen LogP contribution < -0.4 is 10.1 Å². The van der Waals surface area contributed by atoms with Crippen molar-refractivity contribution in [3.8, 4) is 11.4 Å². The van der Waals surface area contributed by atoms with Crippen LogP contribution in [0, 0.1) is 0 Å². The SMILES string of the molecule is COc1ccccc1-n1c(Cc2ccccc2)nnc1SCc1nc(C(=O)NC2CCCCC2)cs1. The molecule has 9 heteroatoms. The summed E-state index contributed by atoms with van der Waals surface area (Å²) >= 11 is 3.06. The molecule has 1 aliphatic rings. The molecule has 7 nitrogen and oxygen atoms in total. The summed E-state index contributed by atoms with van der Waals surface area (Å²) in [7, 11) is 1.67. The number of methoxy groups -OCH3 is 1. The van der Waals surface area contributed by atoms with Gasteiger partial charge in [0.15, 0.2) is 5.16 Å². The molecule has 0 radical (unpaired) electrons. The first-order chi connectivity index (χ1) is 17.7. The third-order valence-electron chi connectivity index (χ3n) is 6.28. The molecule has 0 atom stereocenters. The second kappa shape index (κ2) is 11.7. The Hall–Kier alpha value is -3.17. The van der Waals surface area contributed by atoms with Crippen LogP contribution in [0.4, 0.5) is 0 Å². The third-order valence-corrected chi connectivity index (χ3v) is 8.25. The van der Waals surface area contributed by atoms with Gasteiger partial charge in [0.2, 0.25) is 0 Å². The van der Waals surface area contributed by atoms with Crippen molar-refractivity contribution in [1.29, 1.82) is 0 Å². The predicted molar refractivity (Wildman–Crippen MR) is 143 cm³/mol. The molecule has 5 rings (SSSR count). The van der Waals surface area contributed by atoms with Gasteiger partial charge in [-0.15, -0.1) is 21.5 Å². The summed E-state index contributed by atoms with van der Waals surface area (Å²) < 4.78 is 7.70. The Labute approximate surface area is 219 Å². The normalized spacial score (nSPS) is 14.0. The molecule has 1 saturated carbocycles. The predicted octanol–water partition coefficient (Wildman–Crippen LogP) is 5.68. The number of para-hydroxylation sites is 2. The Morgan fingerprint density at radius 3 is 2.67 bits per heavy atom. The lowest BCUT2D eigenvalue weighted by Crippen LogP contribution is -2.36. The number of thioether (sulfide) groups is 1. The van der Waals surface area contributed by atoms with Crippen molar-refractivity contribution in [3.05, 3.63) is 82.1 Å². The van der Waals surface area contributed by atoms with E-state index >= 15 is 0 Å². The Kier molecular flexibility index (Phi) is 7.98. The van der Waals surface area contributed by atoms with Crippen molar-refractivity contribution >= 4 is 29.0 Å². The van der Waals surface area contributed by atoms with E-state index in [4.69, 9.17) is 4.74 Å². The Morgan fingerprint density at radius 1 is 1.08 bits per heavy atom. The fourth-order valence-electron chi connectivity index (χ4n) is 4.46. The second-order valence-corrected chi connectivity index (χ2v) is 10.7. The highest BCUT2D eigenvalue weighted by molar-refractivity contribution is 7.98. The van der Waals surface area contributed by atoms with Gasteiger partial charge in [-0.3, -0.25) is 9.36 Å². The second-order valence-electron chi connectivity index (χ2n) is 8.79. The quantitative estimate of drug-likeness (QED) is 0.287. The maximum atomic E-state index is 12.7. The topological polar surface area (TPSA) is 81.9 Å². The summed E-state index contributed by atoms with van der Waals surface area (Å²) in [6.45, 7) is 0. The summed E-state index contributed by atoms with van der Waals surface area (Å²) in [5, 5.41) is 15.7. The summed E-state index contributed by atoms with van der Waals surface area (Å²) in [4.78, 5) is 17.3. The number of amides is 1. The molecule has 2 aromatic heterocycles. The van der Waals surface area contributed by atoms with Gasteiger partial charge in [0.05, 0.1) is 18.6 Å². The zero-order valence-electron chi connectivity index (χ0n) is 20.2. The molecule has 186 valence electrons.